The molecule has 2 N–H and O–H groups in total. The lowest BCUT2D eigenvalue weighted by Gasteiger charge is -2.26. The van der Waals surface area contributed by atoms with E-state index in [4.69, 9.17) is 14.2 Å². The van der Waals surface area contributed by atoms with Crippen LogP contribution < -0.4 is 14.8 Å². The predicted octanol–water partition coefficient (Wildman–Crippen LogP) is 2.76. The molecule has 3 rings (SSSR count). The van der Waals surface area contributed by atoms with Crippen LogP contribution in [0, 0.1) is 0 Å². The van der Waals surface area contributed by atoms with E-state index in [2.05, 4.69) is 10.2 Å². The van der Waals surface area contributed by atoms with Crippen molar-refractivity contribution in [1.29, 1.82) is 0 Å². The van der Waals surface area contributed by atoms with Gasteiger partial charge in [-0.2, -0.15) is 0 Å². The molecule has 0 radical (unpaired) electrons. The van der Waals surface area contributed by atoms with Crippen LogP contribution in [-0.4, -0.2) is 68.4 Å². The predicted molar refractivity (Wildman–Crippen MR) is 117 cm³/mol. The zero-order chi connectivity index (χ0) is 22.1. The number of ether oxygens (including phenoxy) is 3. The molecule has 1 fully saturated rings. The molecule has 1 heterocycles. The number of anilines is 1. The van der Waals surface area contributed by atoms with E-state index in [1.807, 2.05) is 6.07 Å². The van der Waals surface area contributed by atoms with Gasteiger partial charge in [0.2, 0.25) is 5.91 Å². The molecule has 0 atom stereocenters. The molecular formula is C23H26N2O6. The van der Waals surface area contributed by atoms with Crippen molar-refractivity contribution < 1.29 is 28.9 Å². The van der Waals surface area contributed by atoms with E-state index in [9.17, 15) is 14.7 Å². The second-order valence-corrected chi connectivity index (χ2v) is 6.89. The van der Waals surface area contributed by atoms with E-state index in [0.717, 1.165) is 38.4 Å². The maximum atomic E-state index is 12.2. The summed E-state index contributed by atoms with van der Waals surface area (Å²) in [6.45, 7) is 4.66. The Morgan fingerprint density at radius 1 is 1.16 bits per heavy atom. The fraction of sp³-hybridized carbons (Fsp3) is 0.304. The van der Waals surface area contributed by atoms with Crippen LogP contribution in [0.4, 0.5) is 5.69 Å². The number of hydrogen-bond acceptors (Lipinski definition) is 6. The molecule has 1 amide bonds. The maximum Gasteiger partial charge on any atom is 0.337 e. The summed E-state index contributed by atoms with van der Waals surface area (Å²) in [5.74, 6) is -0.333. The Hall–Kier alpha value is -3.36. The van der Waals surface area contributed by atoms with Crippen LogP contribution in [0.3, 0.4) is 0 Å². The first-order chi connectivity index (χ1) is 15.1. The Morgan fingerprint density at radius 2 is 1.94 bits per heavy atom. The van der Waals surface area contributed by atoms with Gasteiger partial charge in [-0.25, -0.2) is 4.79 Å². The summed E-state index contributed by atoms with van der Waals surface area (Å²) in [6.07, 6.45) is 2.96. The van der Waals surface area contributed by atoms with Gasteiger partial charge in [0.1, 0.15) is 6.61 Å². The summed E-state index contributed by atoms with van der Waals surface area (Å²) in [5.41, 5.74) is 1.02. The van der Waals surface area contributed by atoms with Crippen LogP contribution in [0.15, 0.2) is 48.5 Å². The number of benzene rings is 2. The van der Waals surface area contributed by atoms with Gasteiger partial charge in [0, 0.05) is 25.7 Å². The van der Waals surface area contributed by atoms with Crippen LogP contribution in [0.25, 0.3) is 6.08 Å². The van der Waals surface area contributed by atoms with E-state index >= 15 is 0 Å². The Bertz CT molecular complexity index is 937. The van der Waals surface area contributed by atoms with Crippen LogP contribution in [0.2, 0.25) is 0 Å². The highest BCUT2D eigenvalue weighted by atomic mass is 16.5. The number of carboxylic acids is 1. The van der Waals surface area contributed by atoms with Crippen LogP contribution in [0.1, 0.15) is 15.9 Å². The van der Waals surface area contributed by atoms with Gasteiger partial charge in [-0.3, -0.25) is 9.69 Å². The molecule has 1 aliphatic rings. The lowest BCUT2D eigenvalue weighted by molar-refractivity contribution is -0.111. The Labute approximate surface area is 181 Å². The summed E-state index contributed by atoms with van der Waals surface area (Å²) < 4.78 is 16.6. The molecule has 0 bridgehead atoms. The van der Waals surface area contributed by atoms with Gasteiger partial charge in [0.25, 0.3) is 0 Å². The topological polar surface area (TPSA) is 97.3 Å². The number of aromatic carboxylic acids is 1. The Balaban J connectivity index is 1.58. The van der Waals surface area contributed by atoms with E-state index in [0.29, 0.717) is 18.1 Å². The van der Waals surface area contributed by atoms with Crippen molar-refractivity contribution >= 4 is 23.6 Å². The van der Waals surface area contributed by atoms with Crippen molar-refractivity contribution in [3.63, 3.8) is 0 Å². The summed E-state index contributed by atoms with van der Waals surface area (Å²) in [5, 5.41) is 11.8. The molecule has 164 valence electrons. The summed E-state index contributed by atoms with van der Waals surface area (Å²) >= 11 is 0. The van der Waals surface area contributed by atoms with Gasteiger partial charge in [0.05, 0.1) is 31.6 Å². The molecule has 0 aromatic heterocycles. The van der Waals surface area contributed by atoms with E-state index in [1.165, 1.54) is 12.1 Å². The number of nitrogens with one attached hydrogen (secondary N) is 1. The third-order valence-corrected chi connectivity index (χ3v) is 4.80. The van der Waals surface area contributed by atoms with Gasteiger partial charge >= 0.3 is 5.97 Å². The normalized spacial score (nSPS) is 14.4. The molecule has 8 heteroatoms. The fourth-order valence-electron chi connectivity index (χ4n) is 3.14. The van der Waals surface area contributed by atoms with Crippen molar-refractivity contribution in [2.24, 2.45) is 0 Å². The smallest absolute Gasteiger partial charge is 0.337 e. The molecule has 1 aliphatic heterocycles. The van der Waals surface area contributed by atoms with E-state index < -0.39 is 11.9 Å². The number of nitrogens with zero attached hydrogens (tertiary/aromatic N) is 1. The number of amides is 1. The number of para-hydroxylation sites is 1. The van der Waals surface area contributed by atoms with E-state index in [-0.39, 0.29) is 11.3 Å². The summed E-state index contributed by atoms with van der Waals surface area (Å²) in [6, 6.07) is 11.6. The molecule has 2 aromatic carbocycles. The van der Waals surface area contributed by atoms with Crippen molar-refractivity contribution in [3.05, 3.63) is 59.7 Å². The number of rotatable bonds is 9. The van der Waals surface area contributed by atoms with Gasteiger partial charge < -0.3 is 24.6 Å². The number of carbonyl (C=O) groups is 2. The third-order valence-electron chi connectivity index (χ3n) is 4.80. The second kappa shape index (κ2) is 11.1. The molecular weight excluding hydrogens is 400 g/mol. The fourth-order valence-corrected chi connectivity index (χ4v) is 3.14. The average molecular weight is 426 g/mol. The van der Waals surface area contributed by atoms with Crippen LogP contribution in [0.5, 0.6) is 11.5 Å². The van der Waals surface area contributed by atoms with E-state index in [1.54, 1.807) is 43.5 Å². The number of carboxylic acid groups (broad SMARTS) is 1. The van der Waals surface area contributed by atoms with Gasteiger partial charge in [0.15, 0.2) is 11.5 Å². The first kappa shape index (κ1) is 22.3. The number of morpholine rings is 1. The molecule has 0 aliphatic carbocycles. The minimum atomic E-state index is -1.10. The van der Waals surface area contributed by atoms with Gasteiger partial charge in [-0.15, -0.1) is 0 Å². The zero-order valence-corrected chi connectivity index (χ0v) is 17.4. The second-order valence-electron chi connectivity index (χ2n) is 6.89. The summed E-state index contributed by atoms with van der Waals surface area (Å²) in [7, 11) is 1.56. The molecule has 8 nitrogen and oxygen atoms in total. The van der Waals surface area contributed by atoms with Crippen molar-refractivity contribution in [2.45, 2.75) is 0 Å². The third kappa shape index (κ3) is 6.56. The van der Waals surface area contributed by atoms with Crippen molar-refractivity contribution in [3.8, 4) is 11.5 Å². The number of hydrogen-bond donors (Lipinski definition) is 2. The molecule has 1 saturated heterocycles. The largest absolute Gasteiger partial charge is 0.493 e. The van der Waals surface area contributed by atoms with Gasteiger partial charge in [-0.05, 0) is 35.9 Å². The van der Waals surface area contributed by atoms with Crippen LogP contribution >= 0.6 is 0 Å². The molecule has 0 spiro atoms. The van der Waals surface area contributed by atoms with Crippen LogP contribution in [-0.2, 0) is 9.53 Å². The minimum absolute atomic E-state index is 0.0319. The lowest BCUT2D eigenvalue weighted by Crippen LogP contribution is -2.38. The number of methoxy groups -OCH3 is 1. The zero-order valence-electron chi connectivity index (χ0n) is 17.4. The highest BCUT2D eigenvalue weighted by Crippen LogP contribution is 2.28. The first-order valence-corrected chi connectivity index (χ1v) is 9.99. The van der Waals surface area contributed by atoms with Crippen molar-refractivity contribution in [2.75, 3.05) is 51.9 Å². The first-order valence-electron chi connectivity index (χ1n) is 9.99. The highest BCUT2D eigenvalue weighted by molar-refractivity contribution is 6.06. The molecule has 31 heavy (non-hydrogen) atoms. The monoisotopic (exact) mass is 426 g/mol. The molecule has 0 unspecified atom stereocenters. The van der Waals surface area contributed by atoms with Gasteiger partial charge in [-0.1, -0.05) is 18.2 Å². The lowest BCUT2D eigenvalue weighted by atomic mass is 10.1. The highest BCUT2D eigenvalue weighted by Gasteiger charge is 2.12. The Kier molecular flexibility index (Phi) is 8.03. The molecule has 2 aromatic rings. The average Bonchev–Trinajstić information content (AvgIpc) is 2.79. The minimum Gasteiger partial charge on any atom is -0.493 e. The maximum absolute atomic E-state index is 12.2. The number of carbonyl (C=O) groups excluding carboxylic acids is 1. The standard InChI is InChI=1S/C23H26N2O6/c1-29-21-16-17(6-8-20(21)31-15-12-25-10-13-30-14-11-25)7-9-22(26)24-19-5-3-2-4-18(19)23(27)28/h2-9,16H,10-15H2,1H3,(H,24,26)(H,27,28)/b9-7+. The summed E-state index contributed by atoms with van der Waals surface area (Å²) in [4.78, 5) is 25.7. The molecule has 0 saturated carbocycles. The SMILES string of the molecule is COc1cc(/C=C/C(=O)Nc2ccccc2C(=O)O)ccc1OCCN1CCOCC1. The van der Waals surface area contributed by atoms with Crippen molar-refractivity contribution in [1.82, 2.24) is 4.90 Å². The quantitative estimate of drug-likeness (QED) is 0.595. The Morgan fingerprint density at radius 3 is 2.68 bits per heavy atom.